The smallest absolute Gasteiger partial charge is 0.132 e. The van der Waals surface area contributed by atoms with Gasteiger partial charge in [-0.1, -0.05) is 24.3 Å². The van der Waals surface area contributed by atoms with Crippen molar-refractivity contribution in [1.82, 2.24) is 0 Å². The van der Waals surface area contributed by atoms with Gasteiger partial charge in [0.25, 0.3) is 0 Å². The Labute approximate surface area is 79.7 Å². The summed E-state index contributed by atoms with van der Waals surface area (Å²) < 4.78 is 5.59. The van der Waals surface area contributed by atoms with E-state index in [0.29, 0.717) is 0 Å². The minimum absolute atomic E-state index is 0.209. The maximum absolute atomic E-state index is 5.85. The van der Waals surface area contributed by atoms with Gasteiger partial charge >= 0.3 is 0 Å². The van der Waals surface area contributed by atoms with E-state index in [0.717, 1.165) is 5.56 Å². The first-order valence-electron chi connectivity index (χ1n) is 4.38. The van der Waals surface area contributed by atoms with Gasteiger partial charge in [-0.2, -0.15) is 0 Å². The summed E-state index contributed by atoms with van der Waals surface area (Å²) in [5, 5.41) is 0. The van der Waals surface area contributed by atoms with Crippen molar-refractivity contribution in [2.24, 2.45) is 5.73 Å². The summed E-state index contributed by atoms with van der Waals surface area (Å²) in [6, 6.07) is 10.4. The zero-order valence-electron chi connectivity index (χ0n) is 8.37. The monoisotopic (exact) mass is 178 g/mol. The van der Waals surface area contributed by atoms with E-state index in [-0.39, 0.29) is 11.8 Å². The normalized spacial score (nSPS) is 14.2. The molecule has 1 aromatic rings. The molecule has 0 saturated carbocycles. The SMILES string of the molecule is CC(C)(C)OC(N)c1cc[c]cc1. The molecule has 0 heterocycles. The highest BCUT2D eigenvalue weighted by Crippen LogP contribution is 2.18. The lowest BCUT2D eigenvalue weighted by Crippen LogP contribution is -2.27. The predicted octanol–water partition coefficient (Wildman–Crippen LogP) is 2.26. The number of hydrogen-bond acceptors (Lipinski definition) is 2. The van der Waals surface area contributed by atoms with Crippen LogP contribution in [0.15, 0.2) is 24.3 Å². The van der Waals surface area contributed by atoms with Crippen LogP contribution in [0.4, 0.5) is 0 Å². The maximum Gasteiger partial charge on any atom is 0.132 e. The highest BCUT2D eigenvalue weighted by molar-refractivity contribution is 5.15. The lowest BCUT2D eigenvalue weighted by molar-refractivity contribution is -0.0587. The summed E-state index contributed by atoms with van der Waals surface area (Å²) in [7, 11) is 0. The van der Waals surface area contributed by atoms with Gasteiger partial charge in [0, 0.05) is 0 Å². The van der Waals surface area contributed by atoms with Gasteiger partial charge < -0.3 is 10.5 Å². The van der Waals surface area contributed by atoms with Crippen molar-refractivity contribution in [2.45, 2.75) is 32.6 Å². The largest absolute Gasteiger partial charge is 0.354 e. The molecular weight excluding hydrogens is 162 g/mol. The van der Waals surface area contributed by atoms with Crippen LogP contribution < -0.4 is 5.73 Å². The van der Waals surface area contributed by atoms with E-state index < -0.39 is 0 Å². The van der Waals surface area contributed by atoms with E-state index >= 15 is 0 Å². The molecule has 71 valence electrons. The number of benzene rings is 1. The number of ether oxygens (including phenoxy) is 1. The van der Waals surface area contributed by atoms with Crippen LogP contribution in [0.1, 0.15) is 32.6 Å². The summed E-state index contributed by atoms with van der Waals surface area (Å²) >= 11 is 0. The first kappa shape index (κ1) is 10.2. The van der Waals surface area contributed by atoms with Gasteiger partial charge in [0.2, 0.25) is 0 Å². The molecule has 0 amide bonds. The third kappa shape index (κ3) is 3.57. The average Bonchev–Trinajstić information content (AvgIpc) is 2.03. The van der Waals surface area contributed by atoms with Crippen molar-refractivity contribution in [3.8, 4) is 0 Å². The molecule has 0 aliphatic carbocycles. The molecule has 1 rings (SSSR count). The van der Waals surface area contributed by atoms with Gasteiger partial charge in [-0.15, -0.1) is 0 Å². The fraction of sp³-hybridized carbons (Fsp3) is 0.455. The van der Waals surface area contributed by atoms with Crippen molar-refractivity contribution in [1.29, 1.82) is 0 Å². The maximum atomic E-state index is 5.85. The zero-order valence-corrected chi connectivity index (χ0v) is 8.37. The van der Waals surface area contributed by atoms with Crippen molar-refractivity contribution >= 4 is 0 Å². The second-order valence-electron chi connectivity index (χ2n) is 3.98. The molecule has 13 heavy (non-hydrogen) atoms. The Balaban J connectivity index is 2.64. The molecule has 0 saturated heterocycles. The summed E-state index contributed by atoms with van der Waals surface area (Å²) in [4.78, 5) is 0. The molecule has 1 atom stereocenters. The third-order valence-corrected chi connectivity index (χ3v) is 1.55. The zero-order chi connectivity index (χ0) is 9.90. The first-order valence-corrected chi connectivity index (χ1v) is 4.38. The van der Waals surface area contributed by atoms with Crippen LogP contribution in [0.25, 0.3) is 0 Å². The van der Waals surface area contributed by atoms with E-state index in [4.69, 9.17) is 10.5 Å². The quantitative estimate of drug-likeness (QED) is 0.705. The minimum atomic E-state index is -0.352. The lowest BCUT2D eigenvalue weighted by Gasteiger charge is -2.24. The Hall–Kier alpha value is -0.860. The topological polar surface area (TPSA) is 35.2 Å². The van der Waals surface area contributed by atoms with Gasteiger partial charge in [-0.05, 0) is 32.4 Å². The molecule has 2 heteroatoms. The van der Waals surface area contributed by atoms with Crippen molar-refractivity contribution in [3.05, 3.63) is 35.9 Å². The number of nitrogens with two attached hydrogens (primary N) is 1. The van der Waals surface area contributed by atoms with Gasteiger partial charge in [0.1, 0.15) is 6.23 Å². The van der Waals surface area contributed by atoms with Crippen LogP contribution in [0.2, 0.25) is 0 Å². The highest BCUT2D eigenvalue weighted by atomic mass is 16.5. The van der Waals surface area contributed by atoms with E-state index in [1.54, 1.807) is 0 Å². The molecule has 0 aromatic heterocycles. The van der Waals surface area contributed by atoms with E-state index in [1.165, 1.54) is 0 Å². The highest BCUT2D eigenvalue weighted by Gasteiger charge is 2.16. The van der Waals surface area contributed by atoms with Crippen LogP contribution in [-0.2, 0) is 4.74 Å². The molecule has 2 nitrogen and oxygen atoms in total. The Morgan fingerprint density at radius 3 is 2.31 bits per heavy atom. The molecule has 0 aliphatic heterocycles. The summed E-state index contributed by atoms with van der Waals surface area (Å²) in [5.74, 6) is 0. The number of hydrogen-bond donors (Lipinski definition) is 1. The fourth-order valence-electron chi connectivity index (χ4n) is 1.04. The van der Waals surface area contributed by atoms with Crippen LogP contribution in [0.5, 0.6) is 0 Å². The molecule has 0 fully saturated rings. The minimum Gasteiger partial charge on any atom is -0.354 e. The van der Waals surface area contributed by atoms with Crippen molar-refractivity contribution < 1.29 is 4.74 Å². The fourth-order valence-corrected chi connectivity index (χ4v) is 1.04. The average molecular weight is 178 g/mol. The number of rotatable bonds is 2. The first-order chi connectivity index (χ1) is 5.99. The third-order valence-electron chi connectivity index (χ3n) is 1.55. The standard InChI is InChI=1S/C11H16NO/c1-11(2,3)13-10(12)9-7-5-4-6-8-9/h5-8,10H,12H2,1-3H3. The van der Waals surface area contributed by atoms with Crippen LogP contribution >= 0.6 is 0 Å². The molecular formula is C11H16NO. The second kappa shape index (κ2) is 3.90. The summed E-state index contributed by atoms with van der Waals surface area (Å²) in [6.45, 7) is 5.96. The van der Waals surface area contributed by atoms with Gasteiger partial charge in [-0.3, -0.25) is 0 Å². The summed E-state index contributed by atoms with van der Waals surface area (Å²) in [6.07, 6.45) is -0.352. The molecule has 0 aliphatic rings. The predicted molar refractivity (Wildman–Crippen MR) is 53.0 cm³/mol. The molecule has 0 bridgehead atoms. The summed E-state index contributed by atoms with van der Waals surface area (Å²) in [5.41, 5.74) is 6.62. The Morgan fingerprint density at radius 2 is 1.85 bits per heavy atom. The Bertz CT molecular complexity index is 251. The molecule has 1 unspecified atom stereocenters. The van der Waals surface area contributed by atoms with Gasteiger partial charge in [-0.25, -0.2) is 0 Å². The molecule has 1 radical (unpaired) electrons. The van der Waals surface area contributed by atoms with Gasteiger partial charge in [0.05, 0.1) is 5.60 Å². The van der Waals surface area contributed by atoms with Crippen LogP contribution in [-0.4, -0.2) is 5.60 Å². The van der Waals surface area contributed by atoms with Crippen molar-refractivity contribution in [3.63, 3.8) is 0 Å². The Morgan fingerprint density at radius 1 is 1.31 bits per heavy atom. The Kier molecular flexibility index (Phi) is 3.07. The van der Waals surface area contributed by atoms with E-state index in [9.17, 15) is 0 Å². The molecule has 2 N–H and O–H groups in total. The van der Waals surface area contributed by atoms with E-state index in [2.05, 4.69) is 6.07 Å². The van der Waals surface area contributed by atoms with Crippen LogP contribution in [0.3, 0.4) is 0 Å². The van der Waals surface area contributed by atoms with Gasteiger partial charge in [0.15, 0.2) is 0 Å². The molecule has 1 aromatic carbocycles. The van der Waals surface area contributed by atoms with Crippen molar-refractivity contribution in [2.75, 3.05) is 0 Å². The van der Waals surface area contributed by atoms with E-state index in [1.807, 2.05) is 45.0 Å². The molecule has 0 spiro atoms. The lowest BCUT2D eigenvalue weighted by atomic mass is 10.1. The van der Waals surface area contributed by atoms with Crippen LogP contribution in [0, 0.1) is 6.07 Å². The second-order valence-corrected chi connectivity index (χ2v) is 3.98.